The van der Waals surface area contributed by atoms with E-state index < -0.39 is 0 Å². The van der Waals surface area contributed by atoms with Gasteiger partial charge in [-0.3, -0.25) is 9.88 Å². The Balaban J connectivity index is 1.87. The highest BCUT2D eigenvalue weighted by Gasteiger charge is 2.22. The van der Waals surface area contributed by atoms with Crippen molar-refractivity contribution in [2.24, 2.45) is 0 Å². The lowest BCUT2D eigenvalue weighted by Crippen LogP contribution is -2.39. The van der Waals surface area contributed by atoms with Crippen molar-refractivity contribution in [1.29, 1.82) is 0 Å². The van der Waals surface area contributed by atoms with Crippen molar-refractivity contribution in [3.05, 3.63) is 29.6 Å². The number of nitrogens with one attached hydrogen (secondary N) is 1. The first kappa shape index (κ1) is 15.8. The maximum atomic E-state index is 4.61. The number of aromatic nitrogens is 1. The van der Waals surface area contributed by atoms with E-state index in [9.17, 15) is 0 Å². The second kappa shape index (κ2) is 7.43. The average molecular weight is 293 g/mol. The monoisotopic (exact) mass is 293 g/mol. The van der Waals surface area contributed by atoms with E-state index in [1.54, 1.807) is 0 Å². The van der Waals surface area contributed by atoms with Crippen LogP contribution in [0.3, 0.4) is 0 Å². The molecule has 112 valence electrons. The maximum absolute atomic E-state index is 4.61. The number of rotatable bonds is 5. The van der Waals surface area contributed by atoms with Gasteiger partial charge in [0, 0.05) is 48.9 Å². The summed E-state index contributed by atoms with van der Waals surface area (Å²) in [6.07, 6.45) is 2.01. The van der Waals surface area contributed by atoms with E-state index in [1.165, 1.54) is 24.3 Å². The van der Waals surface area contributed by atoms with E-state index in [0.717, 1.165) is 23.6 Å². The van der Waals surface area contributed by atoms with Crippen LogP contribution in [0.2, 0.25) is 0 Å². The molecule has 2 heterocycles. The van der Waals surface area contributed by atoms with Crippen LogP contribution in [-0.2, 0) is 13.1 Å². The Morgan fingerprint density at radius 2 is 2.00 bits per heavy atom. The van der Waals surface area contributed by atoms with Gasteiger partial charge in [-0.05, 0) is 11.6 Å². The Labute approximate surface area is 127 Å². The lowest BCUT2D eigenvalue weighted by atomic mass is 10.2. The second-order valence-electron chi connectivity index (χ2n) is 6.14. The number of pyridine rings is 1. The summed E-state index contributed by atoms with van der Waals surface area (Å²) in [5.74, 6) is 0. The molecule has 1 saturated heterocycles. The van der Waals surface area contributed by atoms with E-state index in [-0.39, 0.29) is 0 Å². The molecule has 0 bridgehead atoms. The third-order valence-corrected chi connectivity index (χ3v) is 4.71. The zero-order chi connectivity index (χ0) is 14.5. The van der Waals surface area contributed by atoms with Gasteiger partial charge in [0.15, 0.2) is 0 Å². The topological polar surface area (TPSA) is 28.2 Å². The normalized spacial score (nSPS) is 24.2. The van der Waals surface area contributed by atoms with Gasteiger partial charge in [0.2, 0.25) is 0 Å². The van der Waals surface area contributed by atoms with E-state index in [4.69, 9.17) is 0 Å². The van der Waals surface area contributed by atoms with E-state index >= 15 is 0 Å². The molecule has 0 amide bonds. The standard InChI is InChI=1S/C16H27N3S/c1-12(2)17-7-15-5-6-16(18-8-15)11-19-9-13(3)20-14(4)10-19/h5-6,8,12-14,17H,7,9-11H2,1-4H3. The predicted molar refractivity (Wildman–Crippen MR) is 88.0 cm³/mol. The molecule has 20 heavy (non-hydrogen) atoms. The molecule has 1 aromatic rings. The number of thioether (sulfide) groups is 1. The second-order valence-corrected chi connectivity index (χ2v) is 8.03. The molecule has 0 radical (unpaired) electrons. The van der Waals surface area contributed by atoms with Crippen molar-refractivity contribution in [2.45, 2.75) is 57.3 Å². The van der Waals surface area contributed by atoms with Gasteiger partial charge >= 0.3 is 0 Å². The molecule has 0 aromatic carbocycles. The van der Waals surface area contributed by atoms with E-state index in [0.29, 0.717) is 6.04 Å². The van der Waals surface area contributed by atoms with Crippen molar-refractivity contribution in [3.8, 4) is 0 Å². The van der Waals surface area contributed by atoms with Gasteiger partial charge in [0.1, 0.15) is 0 Å². The van der Waals surface area contributed by atoms with Gasteiger partial charge in [-0.15, -0.1) is 0 Å². The molecule has 1 N–H and O–H groups in total. The fourth-order valence-electron chi connectivity index (χ4n) is 2.62. The molecule has 1 aliphatic heterocycles. The lowest BCUT2D eigenvalue weighted by Gasteiger charge is -2.34. The van der Waals surface area contributed by atoms with Crippen LogP contribution in [0, 0.1) is 0 Å². The van der Waals surface area contributed by atoms with Gasteiger partial charge < -0.3 is 5.32 Å². The molecular weight excluding hydrogens is 266 g/mol. The third-order valence-electron chi connectivity index (χ3n) is 3.48. The Morgan fingerprint density at radius 1 is 1.30 bits per heavy atom. The highest BCUT2D eigenvalue weighted by atomic mass is 32.2. The van der Waals surface area contributed by atoms with Crippen molar-refractivity contribution in [1.82, 2.24) is 15.2 Å². The summed E-state index contributed by atoms with van der Waals surface area (Å²) in [4.78, 5) is 7.14. The molecule has 4 heteroatoms. The number of hydrogen-bond acceptors (Lipinski definition) is 4. The van der Waals surface area contributed by atoms with Crippen LogP contribution < -0.4 is 5.32 Å². The quantitative estimate of drug-likeness (QED) is 0.903. The summed E-state index contributed by atoms with van der Waals surface area (Å²) in [5.41, 5.74) is 2.45. The smallest absolute Gasteiger partial charge is 0.0544 e. The van der Waals surface area contributed by atoms with Crippen molar-refractivity contribution < 1.29 is 0 Å². The van der Waals surface area contributed by atoms with E-state index in [2.05, 4.69) is 66.8 Å². The molecule has 0 saturated carbocycles. The SMILES string of the molecule is CC(C)NCc1ccc(CN2CC(C)SC(C)C2)nc1. The summed E-state index contributed by atoms with van der Waals surface area (Å²) in [6.45, 7) is 13.2. The van der Waals surface area contributed by atoms with Crippen LogP contribution >= 0.6 is 11.8 Å². The minimum absolute atomic E-state index is 0.517. The van der Waals surface area contributed by atoms with Gasteiger partial charge in [0.05, 0.1) is 5.69 Å². The molecule has 1 aliphatic rings. The molecule has 0 aliphatic carbocycles. The van der Waals surface area contributed by atoms with Crippen molar-refractivity contribution in [2.75, 3.05) is 13.1 Å². The summed E-state index contributed by atoms with van der Waals surface area (Å²) < 4.78 is 0. The van der Waals surface area contributed by atoms with Gasteiger partial charge in [0.25, 0.3) is 0 Å². The van der Waals surface area contributed by atoms with Crippen LogP contribution in [-0.4, -0.2) is 39.5 Å². The average Bonchev–Trinajstić information content (AvgIpc) is 2.36. The molecule has 1 aromatic heterocycles. The summed E-state index contributed by atoms with van der Waals surface area (Å²) >= 11 is 2.10. The minimum atomic E-state index is 0.517. The first-order chi connectivity index (χ1) is 9.52. The largest absolute Gasteiger partial charge is 0.310 e. The fourth-order valence-corrected chi connectivity index (χ4v) is 4.00. The Hall–Kier alpha value is -0.580. The van der Waals surface area contributed by atoms with Crippen LogP contribution in [0.4, 0.5) is 0 Å². The van der Waals surface area contributed by atoms with Gasteiger partial charge in [-0.2, -0.15) is 11.8 Å². The minimum Gasteiger partial charge on any atom is -0.310 e. The van der Waals surface area contributed by atoms with Crippen LogP contribution in [0.15, 0.2) is 18.3 Å². The Morgan fingerprint density at radius 3 is 2.55 bits per heavy atom. The summed E-state index contributed by atoms with van der Waals surface area (Å²) in [7, 11) is 0. The number of hydrogen-bond donors (Lipinski definition) is 1. The van der Waals surface area contributed by atoms with Crippen molar-refractivity contribution >= 4 is 11.8 Å². The summed E-state index contributed by atoms with van der Waals surface area (Å²) in [5, 5.41) is 4.88. The Kier molecular flexibility index (Phi) is 5.87. The molecule has 0 spiro atoms. The highest BCUT2D eigenvalue weighted by Crippen LogP contribution is 2.25. The zero-order valence-corrected chi connectivity index (χ0v) is 13.9. The van der Waals surface area contributed by atoms with Crippen LogP contribution in [0.5, 0.6) is 0 Å². The number of nitrogens with zero attached hydrogens (tertiary/aromatic N) is 2. The van der Waals surface area contributed by atoms with Crippen LogP contribution in [0.25, 0.3) is 0 Å². The first-order valence-electron chi connectivity index (χ1n) is 7.58. The van der Waals surface area contributed by atoms with Gasteiger partial charge in [-0.1, -0.05) is 33.8 Å². The third kappa shape index (κ3) is 5.08. The lowest BCUT2D eigenvalue weighted by molar-refractivity contribution is 0.260. The summed E-state index contributed by atoms with van der Waals surface area (Å²) in [6, 6.07) is 4.89. The molecule has 1 fully saturated rings. The van der Waals surface area contributed by atoms with Gasteiger partial charge in [-0.25, -0.2) is 0 Å². The Bertz CT molecular complexity index is 395. The predicted octanol–water partition coefficient (Wildman–Crippen LogP) is 2.91. The molecule has 2 rings (SSSR count). The first-order valence-corrected chi connectivity index (χ1v) is 8.52. The molecular formula is C16H27N3S. The molecule has 2 atom stereocenters. The molecule has 3 nitrogen and oxygen atoms in total. The van der Waals surface area contributed by atoms with Crippen LogP contribution in [0.1, 0.15) is 39.0 Å². The van der Waals surface area contributed by atoms with Crippen molar-refractivity contribution in [3.63, 3.8) is 0 Å². The zero-order valence-electron chi connectivity index (χ0n) is 13.1. The maximum Gasteiger partial charge on any atom is 0.0544 e. The molecule has 2 unspecified atom stereocenters. The fraction of sp³-hybridized carbons (Fsp3) is 0.688. The highest BCUT2D eigenvalue weighted by molar-refractivity contribution is 8.00. The van der Waals surface area contributed by atoms with E-state index in [1.807, 2.05) is 6.20 Å².